The first kappa shape index (κ1) is 38.5. The molecule has 0 bridgehead atoms. The summed E-state index contributed by atoms with van der Waals surface area (Å²) in [6.07, 6.45) is 1.34. The topological polar surface area (TPSA) is 117 Å². The lowest BCUT2D eigenvalue weighted by atomic mass is 10.4. The normalized spacial score (nSPS) is 12.8. The summed E-state index contributed by atoms with van der Waals surface area (Å²) in [6.45, 7) is 1.20. The van der Waals surface area contributed by atoms with E-state index in [2.05, 4.69) is 96.3 Å². The van der Waals surface area contributed by atoms with Crippen LogP contribution in [0.5, 0.6) is 0 Å². The molecule has 14 nitrogen and oxygen atoms in total. The Labute approximate surface area is 240 Å². The van der Waals surface area contributed by atoms with Gasteiger partial charge in [-0.1, -0.05) is 4.76 Å². The molecule has 17 heteroatoms. The zero-order chi connectivity index (χ0) is 30.6. The van der Waals surface area contributed by atoms with Crippen LogP contribution in [-0.4, -0.2) is 179 Å². The second-order valence-corrected chi connectivity index (χ2v) is 19.9. The number of hydrogen-bond donors (Lipinski definition) is 4. The van der Waals surface area contributed by atoms with E-state index in [1.54, 1.807) is 0 Å². The van der Waals surface area contributed by atoms with E-state index >= 15 is 0 Å². The number of guanidine groups is 1. The maximum absolute atomic E-state index is 5.78. The molecule has 0 amide bonds. The smallest absolute Gasteiger partial charge is 0.346 e. The molecule has 0 heterocycles. The molecule has 39 heavy (non-hydrogen) atoms. The molecule has 0 saturated heterocycles. The second kappa shape index (κ2) is 17.5. The van der Waals surface area contributed by atoms with Gasteiger partial charge in [-0.3, -0.25) is 18.7 Å². The molecule has 0 atom stereocenters. The van der Waals surface area contributed by atoms with Crippen molar-refractivity contribution in [1.29, 1.82) is 0 Å². The molecular weight excluding hydrogens is 553 g/mol. The molecule has 0 unspecified atom stereocenters. The van der Waals surface area contributed by atoms with Crippen LogP contribution in [0.15, 0.2) is 18.6 Å². The van der Waals surface area contributed by atoms with Crippen LogP contribution in [0, 0.1) is 0 Å². The Bertz CT molecular complexity index is 812. The van der Waals surface area contributed by atoms with E-state index < -0.39 is 22.6 Å². The molecule has 0 aliphatic carbocycles. The van der Waals surface area contributed by atoms with Gasteiger partial charge >= 0.3 is 7.87 Å². The van der Waals surface area contributed by atoms with Crippen molar-refractivity contribution < 1.29 is 0 Å². The van der Waals surface area contributed by atoms with Gasteiger partial charge in [-0.05, 0) is 98.4 Å². The summed E-state index contributed by atoms with van der Waals surface area (Å²) in [4.78, 5) is 4.02. The highest BCUT2D eigenvalue weighted by Gasteiger charge is 2.50. The highest BCUT2D eigenvalue weighted by atomic mass is 31.3. The number of nitrogens with one attached hydrogen (secondary N) is 4. The molecule has 232 valence electrons. The maximum atomic E-state index is 5.78. The number of rotatable bonds is 16. The summed E-state index contributed by atoms with van der Waals surface area (Å²) >= 11 is 0. The van der Waals surface area contributed by atoms with Crippen molar-refractivity contribution in [2.24, 2.45) is 18.6 Å². The third kappa shape index (κ3) is 10.4. The van der Waals surface area contributed by atoms with Gasteiger partial charge in [0.2, 0.25) is 5.96 Å². The van der Waals surface area contributed by atoms with E-state index in [9.17, 15) is 0 Å². The van der Waals surface area contributed by atoms with E-state index in [4.69, 9.17) is 18.6 Å². The monoisotopic (exact) mass is 613 g/mol. The Hall–Kier alpha value is -0.490. The average Bonchev–Trinajstić information content (AvgIpc) is 2.81. The molecule has 0 saturated carbocycles. The van der Waals surface area contributed by atoms with Crippen LogP contribution in [0.2, 0.25) is 0 Å². The fraction of sp³-hybridized carbons (Fsp3) is 0.909. The lowest BCUT2D eigenvalue weighted by Gasteiger charge is -2.37. The Balaban J connectivity index is 8.76. The molecule has 0 rings (SSSR count). The molecular formula is C22H60N14P3+. The SMILES string of the molecule is CNCC(CNC)=N[P+](N=C(N(C)C)N(C)C)(N=P(CNC)(N(C)C)N(C)C)N=P(CNC)(N(C)C)N(C)C. The van der Waals surface area contributed by atoms with E-state index in [1.165, 1.54) is 0 Å². The van der Waals surface area contributed by atoms with Gasteiger partial charge in [-0.2, -0.15) is 0 Å². The average molecular weight is 614 g/mol. The van der Waals surface area contributed by atoms with Crippen molar-refractivity contribution in [1.82, 2.24) is 49.7 Å². The summed E-state index contributed by atoms with van der Waals surface area (Å²) in [5.41, 5.74) is 0.932. The van der Waals surface area contributed by atoms with Crippen LogP contribution >= 0.6 is 22.6 Å². The Morgan fingerprint density at radius 1 is 0.538 bits per heavy atom. The summed E-state index contributed by atoms with van der Waals surface area (Å²) in [5.74, 6) is 0.771. The first-order valence-corrected chi connectivity index (χ1v) is 18.3. The number of hydrogen-bond acceptors (Lipinski definition) is 8. The minimum atomic E-state index is -3.18. The molecule has 0 aliphatic heterocycles. The standard InChI is InChI=1S/C22H60N14P3/c1-23-17-21(18-24-2)27-39(28-22(31(5)6)32(7)8,29-37(19-25-3,33(9)10)34(11)12)30-38(20-26-4,35(13)14)36(15)16/h23-26H,17-20H2,1-16H3/q+1. The van der Waals surface area contributed by atoms with Crippen LogP contribution in [0.4, 0.5) is 0 Å². The van der Waals surface area contributed by atoms with E-state index in [1.807, 2.05) is 66.2 Å². The van der Waals surface area contributed by atoms with Crippen LogP contribution in [0.3, 0.4) is 0 Å². The van der Waals surface area contributed by atoms with Crippen molar-refractivity contribution in [2.75, 3.05) is 138 Å². The van der Waals surface area contributed by atoms with Crippen LogP contribution in [0.25, 0.3) is 0 Å². The first-order valence-electron chi connectivity index (χ1n) is 13.0. The van der Waals surface area contributed by atoms with Crippen molar-refractivity contribution >= 4 is 34.2 Å². The highest BCUT2D eigenvalue weighted by molar-refractivity contribution is 7.82. The first-order chi connectivity index (χ1) is 18.0. The summed E-state index contributed by atoms with van der Waals surface area (Å²) in [7, 11) is 24.7. The molecule has 0 aromatic carbocycles. The van der Waals surface area contributed by atoms with Gasteiger partial charge in [0.15, 0.2) is 14.7 Å². The summed E-state index contributed by atoms with van der Waals surface area (Å²) < 4.78 is 31.4. The van der Waals surface area contributed by atoms with Crippen LogP contribution in [-0.2, 0) is 0 Å². The molecule has 0 aromatic heterocycles. The van der Waals surface area contributed by atoms with Gasteiger partial charge in [0.25, 0.3) is 0 Å². The lowest BCUT2D eigenvalue weighted by Crippen LogP contribution is -2.35. The van der Waals surface area contributed by atoms with Gasteiger partial charge in [0, 0.05) is 41.3 Å². The van der Waals surface area contributed by atoms with Gasteiger partial charge in [0.1, 0.15) is 0 Å². The zero-order valence-electron chi connectivity index (χ0n) is 27.6. The molecule has 0 aromatic rings. The van der Waals surface area contributed by atoms with Crippen molar-refractivity contribution in [2.45, 2.75) is 0 Å². The van der Waals surface area contributed by atoms with Gasteiger partial charge in [-0.25, -0.2) is 0 Å². The van der Waals surface area contributed by atoms with Gasteiger partial charge in [-0.15, -0.1) is 0 Å². The Morgan fingerprint density at radius 2 is 0.872 bits per heavy atom. The van der Waals surface area contributed by atoms with E-state index in [-0.39, 0.29) is 0 Å². The van der Waals surface area contributed by atoms with E-state index in [0.717, 1.165) is 11.7 Å². The number of nitrogens with zero attached hydrogens (tertiary/aromatic N) is 10. The van der Waals surface area contributed by atoms with Crippen molar-refractivity contribution in [3.63, 3.8) is 0 Å². The summed E-state index contributed by atoms with van der Waals surface area (Å²) in [6, 6.07) is 0. The largest absolute Gasteiger partial charge is 0.499 e. The minimum Gasteiger partial charge on any atom is -0.346 e. The third-order valence-electron chi connectivity index (χ3n) is 5.89. The maximum Gasteiger partial charge on any atom is 0.499 e. The Morgan fingerprint density at radius 3 is 1.10 bits per heavy atom. The Kier molecular flexibility index (Phi) is 17.2. The van der Waals surface area contributed by atoms with Crippen molar-refractivity contribution in [3.8, 4) is 0 Å². The quantitative estimate of drug-likeness (QED) is 0.116. The third-order valence-corrected chi connectivity index (χ3v) is 17.7. The predicted octanol–water partition coefficient (Wildman–Crippen LogP) is 1.69. The van der Waals surface area contributed by atoms with Crippen LogP contribution in [0.1, 0.15) is 0 Å². The second-order valence-electron chi connectivity index (χ2n) is 10.4. The molecule has 0 fully saturated rings. The summed E-state index contributed by atoms with van der Waals surface area (Å²) in [5, 5.41) is 13.4. The predicted molar refractivity (Wildman–Crippen MR) is 178 cm³/mol. The molecule has 0 spiro atoms. The molecule has 0 aliphatic rings. The zero-order valence-corrected chi connectivity index (χ0v) is 30.3. The molecule has 0 radical (unpaired) electrons. The fourth-order valence-electron chi connectivity index (χ4n) is 4.02. The van der Waals surface area contributed by atoms with Gasteiger partial charge < -0.3 is 31.1 Å². The van der Waals surface area contributed by atoms with Crippen molar-refractivity contribution in [3.05, 3.63) is 0 Å². The fourth-order valence-corrected chi connectivity index (χ4v) is 15.8. The highest BCUT2D eigenvalue weighted by Crippen LogP contribution is 2.78. The lowest BCUT2D eigenvalue weighted by molar-refractivity contribution is 0.486. The van der Waals surface area contributed by atoms with E-state index in [0.29, 0.717) is 25.7 Å². The van der Waals surface area contributed by atoms with Crippen LogP contribution < -0.4 is 21.3 Å². The minimum absolute atomic E-state index is 0.602. The molecule has 4 N–H and O–H groups in total. The van der Waals surface area contributed by atoms with Gasteiger partial charge in [0.05, 0.1) is 18.3 Å².